The van der Waals surface area contributed by atoms with Crippen molar-refractivity contribution in [1.29, 1.82) is 0 Å². The lowest BCUT2D eigenvalue weighted by Gasteiger charge is -2.18. The Morgan fingerprint density at radius 2 is 1.70 bits per heavy atom. The number of aromatic amines is 1. The summed E-state index contributed by atoms with van der Waals surface area (Å²) in [5.41, 5.74) is 5.22. The first-order valence-corrected chi connectivity index (χ1v) is 14.8. The highest BCUT2D eigenvalue weighted by Gasteiger charge is 2.33. The van der Waals surface area contributed by atoms with Gasteiger partial charge in [-0.05, 0) is 78.6 Å². The lowest BCUT2D eigenvalue weighted by atomic mass is 10.00. The van der Waals surface area contributed by atoms with Crippen LogP contribution in [-0.2, 0) is 31.2 Å². The smallest absolute Gasteiger partial charge is 0.354 e. The van der Waals surface area contributed by atoms with Gasteiger partial charge in [0.05, 0.1) is 29.8 Å². The van der Waals surface area contributed by atoms with Gasteiger partial charge in [0.25, 0.3) is 5.91 Å². The predicted octanol–water partition coefficient (Wildman–Crippen LogP) is 5.20. The maximum atomic E-state index is 13.5. The number of carbonyl (C=O) groups excluding carboxylic acids is 1. The minimum Gasteiger partial charge on any atom is -0.354 e. The van der Waals surface area contributed by atoms with Crippen LogP contribution >= 0.6 is 7.60 Å². The Morgan fingerprint density at radius 3 is 2.38 bits per heavy atom. The van der Waals surface area contributed by atoms with Crippen molar-refractivity contribution in [2.45, 2.75) is 33.1 Å². The van der Waals surface area contributed by atoms with Crippen LogP contribution in [0, 0.1) is 0 Å². The molecule has 0 unspecified atom stereocenters. The van der Waals surface area contributed by atoms with Crippen molar-refractivity contribution in [2.75, 3.05) is 23.8 Å². The second-order valence-corrected chi connectivity index (χ2v) is 11.2. The largest absolute Gasteiger partial charge is 0.361 e. The number of fused-ring (bicyclic) bond motifs is 1. The number of tetrazole rings is 1. The highest BCUT2D eigenvalue weighted by molar-refractivity contribution is 7.62. The first kappa shape index (κ1) is 27.5. The summed E-state index contributed by atoms with van der Waals surface area (Å²) in [6.45, 7) is 4.01. The van der Waals surface area contributed by atoms with E-state index in [9.17, 15) is 9.36 Å². The Balaban J connectivity index is 1.48. The monoisotopic (exact) mass is 558 g/mol. The molecule has 0 aliphatic carbocycles. The molecule has 11 heteroatoms. The van der Waals surface area contributed by atoms with E-state index in [1.54, 1.807) is 32.0 Å². The van der Waals surface area contributed by atoms with Crippen LogP contribution in [0.25, 0.3) is 11.3 Å². The lowest BCUT2D eigenvalue weighted by molar-refractivity contribution is -0.110. The van der Waals surface area contributed by atoms with E-state index in [1.807, 2.05) is 42.5 Å². The SMILES string of the molecule is CCOP(=O)(OCC)c1ccc2c(c1)C(=C(Nc1ccc(CCCc3nnn[nH]3)cc1)c1ccccc1)C(=O)N2. The number of nitrogens with zero attached hydrogens (tertiary/aromatic N) is 3. The standard InChI is InChI=1S/C29H31N6O4P/c1-3-38-40(37,39-4-2)23-17-18-25-24(19-23)27(29(36)31-25)28(21-10-6-5-7-11-21)30-22-15-13-20(14-16-22)9-8-12-26-32-34-35-33-26/h5-7,10-11,13-19,30H,3-4,8-9,12H2,1-2H3,(H,31,36)(H,32,33,34,35). The molecule has 1 aliphatic heterocycles. The van der Waals surface area contributed by atoms with Gasteiger partial charge in [0, 0.05) is 23.4 Å². The Morgan fingerprint density at radius 1 is 0.950 bits per heavy atom. The number of hydrogen-bond donors (Lipinski definition) is 3. The second-order valence-electron chi connectivity index (χ2n) is 9.16. The molecule has 4 aromatic rings. The summed E-state index contributed by atoms with van der Waals surface area (Å²) in [6.07, 6.45) is 2.56. The fourth-order valence-corrected chi connectivity index (χ4v) is 6.22. The van der Waals surface area contributed by atoms with Crippen molar-refractivity contribution in [1.82, 2.24) is 20.6 Å². The molecule has 206 valence electrons. The molecular formula is C29H31N6O4P. The van der Waals surface area contributed by atoms with Gasteiger partial charge in [-0.3, -0.25) is 9.36 Å². The first-order chi connectivity index (χ1) is 19.5. The maximum Gasteiger partial charge on any atom is 0.361 e. The fourth-order valence-electron chi connectivity index (χ4n) is 4.63. The molecule has 1 aliphatic rings. The molecule has 2 heterocycles. The zero-order chi connectivity index (χ0) is 28.0. The van der Waals surface area contributed by atoms with E-state index in [-0.39, 0.29) is 19.1 Å². The van der Waals surface area contributed by atoms with E-state index in [1.165, 1.54) is 5.56 Å². The van der Waals surface area contributed by atoms with Gasteiger partial charge < -0.3 is 19.7 Å². The normalized spacial score (nSPS) is 14.1. The number of amides is 1. The van der Waals surface area contributed by atoms with Crippen LogP contribution in [-0.4, -0.2) is 39.7 Å². The number of nitrogens with one attached hydrogen (secondary N) is 3. The molecule has 0 saturated carbocycles. The Labute approximate surface area is 232 Å². The van der Waals surface area contributed by atoms with Gasteiger partial charge in [-0.2, -0.15) is 0 Å². The van der Waals surface area contributed by atoms with Crippen molar-refractivity contribution >= 4 is 41.5 Å². The Kier molecular flexibility index (Phi) is 8.50. The van der Waals surface area contributed by atoms with E-state index in [2.05, 4.69) is 43.4 Å². The molecule has 0 fully saturated rings. The third kappa shape index (κ3) is 6.04. The van der Waals surface area contributed by atoms with Gasteiger partial charge in [0.1, 0.15) is 5.82 Å². The van der Waals surface area contributed by atoms with Gasteiger partial charge in [-0.15, -0.1) is 5.10 Å². The van der Waals surface area contributed by atoms with Gasteiger partial charge in [0.2, 0.25) is 0 Å². The number of aromatic nitrogens is 4. The zero-order valence-corrected chi connectivity index (χ0v) is 23.3. The average Bonchev–Trinajstić information content (AvgIpc) is 3.60. The van der Waals surface area contributed by atoms with Gasteiger partial charge in [-0.25, -0.2) is 5.10 Å². The number of anilines is 2. The molecule has 1 amide bonds. The molecule has 0 spiro atoms. The molecular weight excluding hydrogens is 527 g/mol. The highest BCUT2D eigenvalue weighted by atomic mass is 31.2. The molecule has 5 rings (SSSR count). The van der Waals surface area contributed by atoms with Crippen LogP contribution in [0.3, 0.4) is 0 Å². The minimum absolute atomic E-state index is 0.234. The third-order valence-electron chi connectivity index (χ3n) is 6.47. The van der Waals surface area contributed by atoms with Crippen LogP contribution < -0.4 is 15.9 Å². The van der Waals surface area contributed by atoms with E-state index in [0.717, 1.165) is 36.3 Å². The Hall–Kier alpha value is -4.11. The molecule has 1 aromatic heterocycles. The topological polar surface area (TPSA) is 131 Å². The number of carbonyl (C=O) groups is 1. The number of hydrogen-bond acceptors (Lipinski definition) is 8. The van der Waals surface area contributed by atoms with Crippen molar-refractivity contribution in [3.63, 3.8) is 0 Å². The molecule has 3 aromatic carbocycles. The van der Waals surface area contributed by atoms with Gasteiger partial charge in [0.15, 0.2) is 0 Å². The van der Waals surface area contributed by atoms with E-state index in [0.29, 0.717) is 27.8 Å². The molecule has 0 atom stereocenters. The minimum atomic E-state index is -3.54. The van der Waals surface area contributed by atoms with Crippen LogP contribution in [0.5, 0.6) is 0 Å². The zero-order valence-electron chi connectivity index (χ0n) is 22.4. The van der Waals surface area contributed by atoms with Crippen LogP contribution in [0.4, 0.5) is 11.4 Å². The molecule has 0 bridgehead atoms. The molecule has 40 heavy (non-hydrogen) atoms. The number of benzene rings is 3. The lowest BCUT2D eigenvalue weighted by Crippen LogP contribution is -2.12. The van der Waals surface area contributed by atoms with E-state index in [4.69, 9.17) is 9.05 Å². The summed E-state index contributed by atoms with van der Waals surface area (Å²) < 4.78 is 24.6. The van der Waals surface area contributed by atoms with Crippen LogP contribution in [0.15, 0.2) is 72.8 Å². The summed E-state index contributed by atoms with van der Waals surface area (Å²) in [6, 6.07) is 22.9. The van der Waals surface area contributed by atoms with Crippen molar-refractivity contribution in [3.05, 3.63) is 95.3 Å². The maximum absolute atomic E-state index is 13.5. The average molecular weight is 559 g/mol. The summed E-state index contributed by atoms with van der Waals surface area (Å²) >= 11 is 0. The van der Waals surface area contributed by atoms with E-state index >= 15 is 0 Å². The molecule has 10 nitrogen and oxygen atoms in total. The van der Waals surface area contributed by atoms with Crippen LogP contribution in [0.2, 0.25) is 0 Å². The summed E-state index contributed by atoms with van der Waals surface area (Å²) in [5, 5.41) is 20.8. The highest BCUT2D eigenvalue weighted by Crippen LogP contribution is 2.48. The molecule has 0 saturated heterocycles. The first-order valence-electron chi connectivity index (χ1n) is 13.2. The van der Waals surface area contributed by atoms with Gasteiger partial charge >= 0.3 is 7.60 Å². The molecule has 0 radical (unpaired) electrons. The summed E-state index contributed by atoms with van der Waals surface area (Å²) in [4.78, 5) is 13.4. The van der Waals surface area contributed by atoms with Gasteiger partial charge in [-0.1, -0.05) is 42.5 Å². The fraction of sp³-hybridized carbons (Fsp3) is 0.241. The summed E-state index contributed by atoms with van der Waals surface area (Å²) in [5.74, 6) is 0.522. The predicted molar refractivity (Wildman–Crippen MR) is 155 cm³/mol. The quantitative estimate of drug-likeness (QED) is 0.160. The van der Waals surface area contributed by atoms with Crippen molar-refractivity contribution in [2.24, 2.45) is 0 Å². The third-order valence-corrected chi connectivity index (χ3v) is 8.57. The number of rotatable bonds is 12. The summed E-state index contributed by atoms with van der Waals surface area (Å²) in [7, 11) is -3.54. The van der Waals surface area contributed by atoms with E-state index < -0.39 is 7.60 Å². The molecule has 3 N–H and O–H groups in total. The second kappa shape index (κ2) is 12.4. The number of aryl methyl sites for hydroxylation is 2. The van der Waals surface area contributed by atoms with Crippen LogP contribution in [0.1, 0.15) is 42.8 Å². The number of H-pyrrole nitrogens is 1. The Bertz CT molecular complexity index is 1530. The van der Waals surface area contributed by atoms with Crippen molar-refractivity contribution < 1.29 is 18.4 Å². The van der Waals surface area contributed by atoms with Crippen molar-refractivity contribution in [3.8, 4) is 0 Å².